The lowest BCUT2D eigenvalue weighted by Crippen LogP contribution is -2.28. The summed E-state index contributed by atoms with van der Waals surface area (Å²) in [6, 6.07) is 1.74. The van der Waals surface area contributed by atoms with Gasteiger partial charge in [0.05, 0.1) is 5.56 Å². The highest BCUT2D eigenvalue weighted by Crippen LogP contribution is 2.34. The summed E-state index contributed by atoms with van der Waals surface area (Å²) in [6.45, 7) is -0.456. The van der Waals surface area contributed by atoms with Gasteiger partial charge in [0.1, 0.15) is 0 Å². The minimum absolute atomic E-state index is 0.0651. The van der Waals surface area contributed by atoms with Crippen molar-refractivity contribution in [2.75, 3.05) is 13.9 Å². The molecule has 0 N–H and O–H groups in total. The summed E-state index contributed by atoms with van der Waals surface area (Å²) in [7, 11) is -4.93. The fraction of sp³-hybridized carbons (Fsp3) is 0.300. The second-order valence-electron chi connectivity index (χ2n) is 3.45. The molecule has 0 aromatic heterocycles. The van der Waals surface area contributed by atoms with Crippen LogP contribution in [0.1, 0.15) is 10.4 Å². The van der Waals surface area contributed by atoms with Crippen molar-refractivity contribution < 1.29 is 44.4 Å². The first kappa shape index (κ1) is 17.2. The minimum Gasteiger partial charge on any atom is -0.464 e. The van der Waals surface area contributed by atoms with E-state index >= 15 is 0 Å². The van der Waals surface area contributed by atoms with E-state index in [1.54, 1.807) is 0 Å². The molecular weight excluding hydrogens is 324 g/mol. The van der Waals surface area contributed by atoms with Gasteiger partial charge < -0.3 is 13.7 Å². The topological polar surface area (TPSA) is 78.9 Å². The van der Waals surface area contributed by atoms with E-state index in [2.05, 4.69) is 13.7 Å². The maximum Gasteiger partial charge on any atom is 0.534 e. The molecule has 1 rings (SSSR count). The predicted octanol–water partition coefficient (Wildman–Crippen LogP) is 1.85. The van der Waals surface area contributed by atoms with Crippen LogP contribution in [-0.4, -0.2) is 34.1 Å². The lowest BCUT2D eigenvalue weighted by Gasteiger charge is -2.13. The standard InChI is InChI=1S/C10H8F4O6S/c1-18-5-19-7-3-2-6(4-15)9(8(7)11)20-21(16,17)10(12,13)14/h2-4H,5H2,1H3. The van der Waals surface area contributed by atoms with E-state index < -0.39 is 45.3 Å². The Bertz CT molecular complexity index is 625. The molecule has 6 nitrogen and oxygen atoms in total. The van der Waals surface area contributed by atoms with Crippen molar-refractivity contribution in [3.63, 3.8) is 0 Å². The Morgan fingerprint density at radius 1 is 1.29 bits per heavy atom. The fourth-order valence-corrected chi connectivity index (χ4v) is 1.60. The van der Waals surface area contributed by atoms with Crippen LogP contribution in [-0.2, 0) is 14.9 Å². The van der Waals surface area contributed by atoms with Gasteiger partial charge in [-0.25, -0.2) is 0 Å². The number of aldehydes is 1. The van der Waals surface area contributed by atoms with Crippen LogP contribution in [0.3, 0.4) is 0 Å². The molecule has 118 valence electrons. The quantitative estimate of drug-likeness (QED) is 0.260. The zero-order valence-electron chi connectivity index (χ0n) is 10.3. The molecule has 0 saturated carbocycles. The van der Waals surface area contributed by atoms with Crippen LogP contribution in [0.15, 0.2) is 12.1 Å². The smallest absolute Gasteiger partial charge is 0.464 e. The molecule has 0 spiro atoms. The largest absolute Gasteiger partial charge is 0.534 e. The van der Waals surface area contributed by atoms with Crippen LogP contribution in [0.25, 0.3) is 0 Å². The van der Waals surface area contributed by atoms with Gasteiger partial charge in [-0.15, -0.1) is 0 Å². The molecule has 0 fully saturated rings. The Labute approximate surface area is 116 Å². The van der Waals surface area contributed by atoms with Crippen molar-refractivity contribution in [1.29, 1.82) is 0 Å². The highest BCUT2D eigenvalue weighted by Gasteiger charge is 2.49. The van der Waals surface area contributed by atoms with Crippen LogP contribution >= 0.6 is 0 Å². The third kappa shape index (κ3) is 3.82. The van der Waals surface area contributed by atoms with Crippen LogP contribution in [0.4, 0.5) is 17.6 Å². The maximum absolute atomic E-state index is 13.9. The Morgan fingerprint density at radius 2 is 1.90 bits per heavy atom. The van der Waals surface area contributed by atoms with Gasteiger partial charge >= 0.3 is 15.6 Å². The third-order valence-electron chi connectivity index (χ3n) is 2.03. The zero-order valence-corrected chi connectivity index (χ0v) is 11.1. The van der Waals surface area contributed by atoms with Gasteiger partial charge in [-0.05, 0) is 12.1 Å². The number of rotatable bonds is 6. The van der Waals surface area contributed by atoms with Crippen molar-refractivity contribution in [2.24, 2.45) is 0 Å². The summed E-state index contributed by atoms with van der Waals surface area (Å²) >= 11 is 0. The summed E-state index contributed by atoms with van der Waals surface area (Å²) in [5, 5.41) is 0. The third-order valence-corrected chi connectivity index (χ3v) is 2.98. The average molecular weight is 332 g/mol. The van der Waals surface area contributed by atoms with Gasteiger partial charge in [-0.3, -0.25) is 4.79 Å². The number of alkyl halides is 3. The summed E-state index contributed by atoms with van der Waals surface area (Å²) in [5.74, 6) is -3.63. The monoisotopic (exact) mass is 332 g/mol. The molecule has 0 aliphatic carbocycles. The first-order chi connectivity index (χ1) is 9.64. The fourth-order valence-electron chi connectivity index (χ4n) is 1.12. The highest BCUT2D eigenvalue weighted by molar-refractivity contribution is 7.88. The summed E-state index contributed by atoms with van der Waals surface area (Å²) in [5.41, 5.74) is -6.51. The minimum atomic E-state index is -6.13. The highest BCUT2D eigenvalue weighted by atomic mass is 32.2. The summed E-state index contributed by atoms with van der Waals surface area (Å²) < 4.78 is 85.0. The molecule has 0 heterocycles. The van der Waals surface area contributed by atoms with Crippen LogP contribution in [0.2, 0.25) is 0 Å². The van der Waals surface area contributed by atoms with E-state index in [1.807, 2.05) is 0 Å². The molecule has 0 unspecified atom stereocenters. The Balaban J connectivity index is 3.30. The maximum atomic E-state index is 13.9. The molecule has 0 aliphatic heterocycles. The van der Waals surface area contributed by atoms with E-state index in [9.17, 15) is 30.8 Å². The SMILES string of the molecule is COCOc1ccc(C=O)c(OS(=O)(=O)C(F)(F)F)c1F. The molecular formula is C10H8F4O6S. The van der Waals surface area contributed by atoms with E-state index in [0.29, 0.717) is 0 Å². The first-order valence-corrected chi connectivity index (χ1v) is 6.45. The number of carbonyl (C=O) groups excluding carboxylic acids is 1. The summed E-state index contributed by atoms with van der Waals surface area (Å²) in [6.07, 6.45) is -0.0651. The molecule has 1 aromatic rings. The lowest BCUT2D eigenvalue weighted by molar-refractivity contribution is -0.0501. The van der Waals surface area contributed by atoms with E-state index in [-0.39, 0.29) is 6.29 Å². The van der Waals surface area contributed by atoms with Gasteiger partial charge in [-0.1, -0.05) is 0 Å². The van der Waals surface area contributed by atoms with Crippen molar-refractivity contribution >= 4 is 16.4 Å². The van der Waals surface area contributed by atoms with Gasteiger partial charge in [-0.2, -0.15) is 26.0 Å². The Morgan fingerprint density at radius 3 is 2.38 bits per heavy atom. The van der Waals surface area contributed by atoms with Crippen LogP contribution < -0.4 is 8.92 Å². The Kier molecular flexibility index (Phi) is 5.12. The molecule has 0 saturated heterocycles. The van der Waals surface area contributed by atoms with E-state index in [1.165, 1.54) is 7.11 Å². The predicted molar refractivity (Wildman–Crippen MR) is 59.9 cm³/mol. The van der Waals surface area contributed by atoms with Crippen molar-refractivity contribution in [1.82, 2.24) is 0 Å². The number of ether oxygens (including phenoxy) is 2. The number of methoxy groups -OCH3 is 1. The lowest BCUT2D eigenvalue weighted by atomic mass is 10.2. The van der Waals surface area contributed by atoms with E-state index in [0.717, 1.165) is 12.1 Å². The average Bonchev–Trinajstić information content (AvgIpc) is 2.38. The van der Waals surface area contributed by atoms with Crippen molar-refractivity contribution in [3.8, 4) is 11.5 Å². The van der Waals surface area contributed by atoms with Gasteiger partial charge in [0.2, 0.25) is 5.82 Å². The van der Waals surface area contributed by atoms with Crippen LogP contribution in [0, 0.1) is 5.82 Å². The second kappa shape index (κ2) is 6.26. The number of hydrogen-bond donors (Lipinski definition) is 0. The molecule has 21 heavy (non-hydrogen) atoms. The van der Waals surface area contributed by atoms with Gasteiger partial charge in [0, 0.05) is 7.11 Å². The number of benzene rings is 1. The molecule has 0 radical (unpaired) electrons. The van der Waals surface area contributed by atoms with Crippen molar-refractivity contribution in [3.05, 3.63) is 23.5 Å². The number of halogens is 4. The molecule has 0 amide bonds. The molecule has 0 aliphatic rings. The molecule has 0 atom stereocenters. The Hall–Kier alpha value is -1.88. The molecule has 0 bridgehead atoms. The van der Waals surface area contributed by atoms with Gasteiger partial charge in [0.15, 0.2) is 24.6 Å². The normalized spacial score (nSPS) is 12.0. The first-order valence-electron chi connectivity index (χ1n) is 5.04. The molecule has 1 aromatic carbocycles. The van der Waals surface area contributed by atoms with E-state index in [4.69, 9.17) is 0 Å². The zero-order chi connectivity index (χ0) is 16.3. The number of hydrogen-bond acceptors (Lipinski definition) is 6. The van der Waals surface area contributed by atoms with Crippen molar-refractivity contribution in [2.45, 2.75) is 5.51 Å². The summed E-state index contributed by atoms with van der Waals surface area (Å²) in [4.78, 5) is 10.7. The molecule has 11 heteroatoms. The number of carbonyl (C=O) groups is 1. The van der Waals surface area contributed by atoms with Crippen LogP contribution in [0.5, 0.6) is 11.5 Å². The van der Waals surface area contributed by atoms with Gasteiger partial charge in [0.25, 0.3) is 0 Å². The second-order valence-corrected chi connectivity index (χ2v) is 4.99.